The predicted octanol–water partition coefficient (Wildman–Crippen LogP) is 0.798. The van der Waals surface area contributed by atoms with Crippen molar-refractivity contribution in [1.29, 1.82) is 0 Å². The van der Waals surface area contributed by atoms with Gasteiger partial charge in [-0.25, -0.2) is 0 Å². The van der Waals surface area contributed by atoms with Gasteiger partial charge in [-0.05, 0) is 19.4 Å². The van der Waals surface area contributed by atoms with E-state index in [1.807, 2.05) is 37.3 Å². The predicted molar refractivity (Wildman–Crippen MR) is 76.1 cm³/mol. The van der Waals surface area contributed by atoms with Gasteiger partial charge in [-0.3, -0.25) is 4.79 Å². The van der Waals surface area contributed by atoms with E-state index in [1.54, 1.807) is 6.92 Å². The topological polar surface area (TPSA) is 78.8 Å². The van der Waals surface area contributed by atoms with Gasteiger partial charge in [0.25, 0.3) is 0 Å². The summed E-state index contributed by atoms with van der Waals surface area (Å²) in [5.41, 5.74) is 0.266. The third kappa shape index (κ3) is 4.92. The summed E-state index contributed by atoms with van der Waals surface area (Å²) in [6, 6.07) is 9.48. The summed E-state index contributed by atoms with van der Waals surface area (Å²) in [6.07, 6.45) is -0.902. The van der Waals surface area contributed by atoms with Gasteiger partial charge in [0.2, 0.25) is 0 Å². The van der Waals surface area contributed by atoms with E-state index in [9.17, 15) is 15.0 Å². The number of nitrogens with one attached hydrogen (secondary N) is 1. The summed E-state index contributed by atoms with van der Waals surface area (Å²) in [4.78, 5) is 11.3. The second kappa shape index (κ2) is 7.99. The lowest BCUT2D eigenvalue weighted by Crippen LogP contribution is -2.46. The monoisotopic (exact) mass is 281 g/mol. The Labute approximate surface area is 119 Å². The quantitative estimate of drug-likeness (QED) is 0.614. The molecule has 1 rings (SSSR count). The number of aliphatic hydroxyl groups is 2. The Kier molecular flexibility index (Phi) is 6.64. The van der Waals surface area contributed by atoms with Crippen molar-refractivity contribution in [2.75, 3.05) is 19.8 Å². The van der Waals surface area contributed by atoms with Gasteiger partial charge in [0.15, 0.2) is 0 Å². The van der Waals surface area contributed by atoms with Crippen LogP contribution >= 0.6 is 0 Å². The molecule has 0 aliphatic carbocycles. The molecule has 1 aromatic carbocycles. The highest BCUT2D eigenvalue weighted by atomic mass is 16.5. The van der Waals surface area contributed by atoms with Crippen molar-refractivity contribution in [2.24, 2.45) is 0 Å². The first-order valence-electron chi connectivity index (χ1n) is 6.77. The first kappa shape index (κ1) is 16.6. The van der Waals surface area contributed by atoms with Gasteiger partial charge in [-0.2, -0.15) is 0 Å². The van der Waals surface area contributed by atoms with E-state index >= 15 is 0 Å². The van der Waals surface area contributed by atoms with Crippen molar-refractivity contribution >= 4 is 5.97 Å². The third-order valence-corrected chi connectivity index (χ3v) is 3.16. The lowest BCUT2D eigenvalue weighted by atomic mass is 9.92. The molecular weight excluding hydrogens is 258 g/mol. The zero-order chi connectivity index (χ0) is 15.0. The van der Waals surface area contributed by atoms with Crippen LogP contribution in [0.15, 0.2) is 30.3 Å². The van der Waals surface area contributed by atoms with E-state index in [0.717, 1.165) is 5.56 Å². The van der Waals surface area contributed by atoms with E-state index in [1.165, 1.54) is 0 Å². The highest BCUT2D eigenvalue weighted by molar-refractivity contribution is 5.69. The number of carbonyl (C=O) groups excluding carboxylic acids is 1. The van der Waals surface area contributed by atoms with Crippen molar-refractivity contribution in [1.82, 2.24) is 5.32 Å². The van der Waals surface area contributed by atoms with Crippen LogP contribution in [0.3, 0.4) is 0 Å². The Bertz CT molecular complexity index is 410. The molecule has 0 aromatic heterocycles. The lowest BCUT2D eigenvalue weighted by Gasteiger charge is -2.30. The molecule has 0 radical (unpaired) electrons. The maximum absolute atomic E-state index is 11.3. The standard InChI is InChI=1S/C15H23NO4/c1-3-20-14(19)9-13(18)10-16-15(2,11-17)12-7-5-4-6-8-12/h4-8,13,16-18H,3,9-11H2,1-2H3. The summed E-state index contributed by atoms with van der Waals surface area (Å²) < 4.78 is 4.78. The zero-order valence-corrected chi connectivity index (χ0v) is 12.0. The number of aliphatic hydroxyl groups excluding tert-OH is 2. The highest BCUT2D eigenvalue weighted by Crippen LogP contribution is 2.19. The largest absolute Gasteiger partial charge is 0.466 e. The van der Waals surface area contributed by atoms with Crippen LogP contribution in [0.5, 0.6) is 0 Å². The van der Waals surface area contributed by atoms with Gasteiger partial charge in [-0.1, -0.05) is 30.3 Å². The zero-order valence-electron chi connectivity index (χ0n) is 12.0. The molecule has 0 aliphatic heterocycles. The van der Waals surface area contributed by atoms with Crippen molar-refractivity contribution < 1.29 is 19.7 Å². The number of hydrogen-bond acceptors (Lipinski definition) is 5. The van der Waals surface area contributed by atoms with E-state index in [-0.39, 0.29) is 19.6 Å². The molecule has 2 unspecified atom stereocenters. The molecule has 112 valence electrons. The van der Waals surface area contributed by atoms with E-state index in [0.29, 0.717) is 6.61 Å². The second-order valence-electron chi connectivity index (χ2n) is 4.90. The van der Waals surface area contributed by atoms with Crippen LogP contribution in [-0.2, 0) is 15.1 Å². The SMILES string of the molecule is CCOC(=O)CC(O)CNC(C)(CO)c1ccccc1. The molecule has 0 amide bonds. The third-order valence-electron chi connectivity index (χ3n) is 3.16. The van der Waals surface area contributed by atoms with Gasteiger partial charge in [0.05, 0.1) is 31.3 Å². The van der Waals surface area contributed by atoms with Crippen LogP contribution < -0.4 is 5.32 Å². The number of ether oxygens (including phenoxy) is 1. The van der Waals surface area contributed by atoms with Crippen molar-refractivity contribution in [3.8, 4) is 0 Å². The highest BCUT2D eigenvalue weighted by Gasteiger charge is 2.26. The molecule has 0 fully saturated rings. The van der Waals surface area contributed by atoms with E-state index < -0.39 is 17.6 Å². The Hall–Kier alpha value is -1.43. The minimum atomic E-state index is -0.844. The van der Waals surface area contributed by atoms with Crippen LogP contribution in [0, 0.1) is 0 Å². The molecule has 0 bridgehead atoms. The first-order valence-corrected chi connectivity index (χ1v) is 6.77. The van der Waals surface area contributed by atoms with Crippen molar-refractivity contribution in [3.05, 3.63) is 35.9 Å². The average molecular weight is 281 g/mol. The van der Waals surface area contributed by atoms with Gasteiger partial charge >= 0.3 is 5.97 Å². The molecule has 0 saturated heterocycles. The number of carbonyl (C=O) groups is 1. The fourth-order valence-corrected chi connectivity index (χ4v) is 1.88. The van der Waals surface area contributed by atoms with Crippen LogP contribution in [-0.4, -0.2) is 42.0 Å². The minimum Gasteiger partial charge on any atom is -0.466 e. The molecule has 3 N–H and O–H groups in total. The van der Waals surface area contributed by atoms with E-state index in [2.05, 4.69) is 5.32 Å². The summed E-state index contributed by atoms with van der Waals surface area (Å²) in [7, 11) is 0. The molecule has 0 spiro atoms. The minimum absolute atomic E-state index is 0.0584. The average Bonchev–Trinajstić information content (AvgIpc) is 2.46. The molecule has 0 saturated carbocycles. The maximum atomic E-state index is 11.3. The van der Waals surface area contributed by atoms with E-state index in [4.69, 9.17) is 4.74 Å². The van der Waals surface area contributed by atoms with Crippen LogP contribution in [0.1, 0.15) is 25.8 Å². The smallest absolute Gasteiger partial charge is 0.308 e. The fourth-order valence-electron chi connectivity index (χ4n) is 1.88. The molecule has 5 nitrogen and oxygen atoms in total. The van der Waals surface area contributed by atoms with Crippen molar-refractivity contribution in [2.45, 2.75) is 31.9 Å². The maximum Gasteiger partial charge on any atom is 0.308 e. The van der Waals surface area contributed by atoms with Crippen LogP contribution in [0.25, 0.3) is 0 Å². The van der Waals surface area contributed by atoms with Crippen LogP contribution in [0.2, 0.25) is 0 Å². The molecular formula is C15H23NO4. The number of esters is 1. The molecule has 0 heterocycles. The second-order valence-corrected chi connectivity index (χ2v) is 4.90. The first-order chi connectivity index (χ1) is 9.51. The van der Waals surface area contributed by atoms with Gasteiger partial charge in [-0.15, -0.1) is 0 Å². The summed E-state index contributed by atoms with van der Waals surface area (Å²) >= 11 is 0. The molecule has 0 aliphatic rings. The molecule has 20 heavy (non-hydrogen) atoms. The fraction of sp³-hybridized carbons (Fsp3) is 0.533. The Morgan fingerprint density at radius 3 is 2.60 bits per heavy atom. The van der Waals surface area contributed by atoms with Gasteiger partial charge in [0.1, 0.15) is 0 Å². The Balaban J connectivity index is 2.55. The number of benzene rings is 1. The number of hydrogen-bond donors (Lipinski definition) is 3. The van der Waals surface area contributed by atoms with Crippen LogP contribution in [0.4, 0.5) is 0 Å². The lowest BCUT2D eigenvalue weighted by molar-refractivity contribution is -0.145. The van der Waals surface area contributed by atoms with Gasteiger partial charge < -0.3 is 20.3 Å². The van der Waals surface area contributed by atoms with Gasteiger partial charge in [0, 0.05) is 6.54 Å². The summed E-state index contributed by atoms with van der Waals surface area (Å²) in [6.45, 7) is 3.96. The molecule has 5 heteroatoms. The van der Waals surface area contributed by atoms with Crippen molar-refractivity contribution in [3.63, 3.8) is 0 Å². The summed E-state index contributed by atoms with van der Waals surface area (Å²) in [5, 5.41) is 22.5. The number of rotatable bonds is 8. The normalized spacial score (nSPS) is 15.4. The Morgan fingerprint density at radius 2 is 2.05 bits per heavy atom. The molecule has 1 aromatic rings. The Morgan fingerprint density at radius 1 is 1.40 bits per heavy atom. The summed E-state index contributed by atoms with van der Waals surface area (Å²) in [5.74, 6) is -0.424. The molecule has 2 atom stereocenters.